The van der Waals surface area contributed by atoms with E-state index in [1.165, 1.54) is 51.7 Å². The Balaban J connectivity index is 1.92. The van der Waals surface area contributed by atoms with Gasteiger partial charge < -0.3 is 5.32 Å². The van der Waals surface area contributed by atoms with Crippen LogP contribution >= 0.6 is 22.7 Å². The van der Waals surface area contributed by atoms with Crippen molar-refractivity contribution in [2.75, 3.05) is 6.54 Å². The van der Waals surface area contributed by atoms with E-state index in [0.29, 0.717) is 6.04 Å². The predicted octanol–water partition coefficient (Wildman–Crippen LogP) is 4.48. The molecule has 3 rings (SSSR count). The summed E-state index contributed by atoms with van der Waals surface area (Å²) in [6, 6.07) is 2.51. The molecule has 0 spiro atoms. The SMILES string of the molecule is CCCNC(c1nc2c(s1)CCCC2)c1sccc1C. The number of nitrogens with zero attached hydrogens (tertiary/aromatic N) is 1. The fourth-order valence-corrected chi connectivity index (χ4v) is 5.07. The fraction of sp³-hybridized carbons (Fsp3) is 0.562. The van der Waals surface area contributed by atoms with E-state index >= 15 is 0 Å². The maximum absolute atomic E-state index is 4.96. The Kier molecular flexibility index (Phi) is 4.54. The fourth-order valence-electron chi connectivity index (χ4n) is 2.76. The predicted molar refractivity (Wildman–Crippen MR) is 87.9 cm³/mol. The lowest BCUT2D eigenvalue weighted by Crippen LogP contribution is -2.22. The van der Waals surface area contributed by atoms with Crippen molar-refractivity contribution >= 4 is 22.7 Å². The number of hydrogen-bond donors (Lipinski definition) is 1. The Morgan fingerprint density at radius 2 is 2.20 bits per heavy atom. The number of nitrogens with one attached hydrogen (secondary N) is 1. The van der Waals surface area contributed by atoms with Crippen LogP contribution in [0.1, 0.15) is 58.2 Å². The van der Waals surface area contributed by atoms with Crippen LogP contribution in [0.5, 0.6) is 0 Å². The maximum atomic E-state index is 4.96. The summed E-state index contributed by atoms with van der Waals surface area (Å²) in [6.45, 7) is 5.48. The van der Waals surface area contributed by atoms with Gasteiger partial charge in [-0.15, -0.1) is 22.7 Å². The summed E-state index contributed by atoms with van der Waals surface area (Å²) in [5.41, 5.74) is 2.76. The minimum absolute atomic E-state index is 0.297. The van der Waals surface area contributed by atoms with Crippen LogP contribution in [0, 0.1) is 6.92 Å². The van der Waals surface area contributed by atoms with E-state index in [4.69, 9.17) is 4.98 Å². The summed E-state index contributed by atoms with van der Waals surface area (Å²) in [6.07, 6.45) is 6.21. The van der Waals surface area contributed by atoms with Gasteiger partial charge in [0.05, 0.1) is 11.7 Å². The number of hydrogen-bond acceptors (Lipinski definition) is 4. The molecule has 0 saturated heterocycles. The van der Waals surface area contributed by atoms with E-state index in [1.54, 1.807) is 0 Å². The summed E-state index contributed by atoms with van der Waals surface area (Å²) in [5.74, 6) is 0. The molecule has 1 aliphatic rings. The maximum Gasteiger partial charge on any atom is 0.116 e. The molecule has 0 fully saturated rings. The van der Waals surface area contributed by atoms with Crippen molar-refractivity contribution in [3.8, 4) is 0 Å². The summed E-state index contributed by atoms with van der Waals surface area (Å²) < 4.78 is 0. The van der Waals surface area contributed by atoms with Crippen LogP contribution < -0.4 is 5.32 Å². The molecular weight excluding hydrogens is 284 g/mol. The van der Waals surface area contributed by atoms with Crippen molar-refractivity contribution in [3.05, 3.63) is 37.5 Å². The van der Waals surface area contributed by atoms with Gasteiger partial charge in [0.2, 0.25) is 0 Å². The molecule has 2 heterocycles. The molecule has 2 aromatic heterocycles. The zero-order valence-corrected chi connectivity index (χ0v) is 13.9. The lowest BCUT2D eigenvalue weighted by molar-refractivity contribution is 0.597. The molecule has 0 aromatic carbocycles. The number of thiophene rings is 1. The van der Waals surface area contributed by atoms with Crippen molar-refractivity contribution < 1.29 is 0 Å². The second kappa shape index (κ2) is 6.37. The highest BCUT2D eigenvalue weighted by Crippen LogP contribution is 2.35. The van der Waals surface area contributed by atoms with Gasteiger partial charge in [-0.05, 0) is 62.6 Å². The Morgan fingerprint density at radius 1 is 1.35 bits per heavy atom. The van der Waals surface area contributed by atoms with Gasteiger partial charge in [0.15, 0.2) is 0 Å². The topological polar surface area (TPSA) is 24.9 Å². The first-order valence-electron chi connectivity index (χ1n) is 7.55. The molecule has 0 aliphatic heterocycles. The van der Waals surface area contributed by atoms with Gasteiger partial charge in [0, 0.05) is 9.75 Å². The van der Waals surface area contributed by atoms with Gasteiger partial charge in [0.1, 0.15) is 5.01 Å². The molecule has 1 atom stereocenters. The molecule has 4 heteroatoms. The van der Waals surface area contributed by atoms with Crippen LogP contribution in [0.3, 0.4) is 0 Å². The highest BCUT2D eigenvalue weighted by molar-refractivity contribution is 7.12. The third kappa shape index (κ3) is 2.83. The van der Waals surface area contributed by atoms with E-state index in [9.17, 15) is 0 Å². The highest BCUT2D eigenvalue weighted by atomic mass is 32.1. The normalized spacial score (nSPS) is 16.1. The third-order valence-corrected chi connectivity index (χ3v) is 6.18. The van der Waals surface area contributed by atoms with E-state index < -0.39 is 0 Å². The summed E-state index contributed by atoms with van der Waals surface area (Å²) in [4.78, 5) is 7.93. The number of aryl methyl sites for hydroxylation is 3. The Bertz CT molecular complexity index is 547. The molecule has 1 aliphatic carbocycles. The van der Waals surface area contributed by atoms with E-state index in [1.807, 2.05) is 22.7 Å². The van der Waals surface area contributed by atoms with Gasteiger partial charge in [-0.2, -0.15) is 0 Å². The van der Waals surface area contributed by atoms with E-state index in [0.717, 1.165) is 13.0 Å². The Hall–Kier alpha value is -0.710. The van der Waals surface area contributed by atoms with Crippen molar-refractivity contribution in [1.29, 1.82) is 0 Å². The van der Waals surface area contributed by atoms with E-state index in [-0.39, 0.29) is 0 Å². The minimum Gasteiger partial charge on any atom is -0.304 e. The van der Waals surface area contributed by atoms with Crippen LogP contribution in [0.15, 0.2) is 11.4 Å². The van der Waals surface area contributed by atoms with Crippen LogP contribution in [0.4, 0.5) is 0 Å². The molecule has 20 heavy (non-hydrogen) atoms. The molecule has 0 amide bonds. The second-order valence-electron chi connectivity index (χ2n) is 5.48. The summed E-state index contributed by atoms with van der Waals surface area (Å²) in [5, 5.41) is 7.16. The van der Waals surface area contributed by atoms with Gasteiger partial charge >= 0.3 is 0 Å². The number of aromatic nitrogens is 1. The molecule has 2 nitrogen and oxygen atoms in total. The molecule has 1 N–H and O–H groups in total. The van der Waals surface area contributed by atoms with Gasteiger partial charge in [-0.1, -0.05) is 6.92 Å². The standard InChI is InChI=1S/C16H22N2S2/c1-3-9-17-14(15-11(2)8-10-19-15)16-18-12-6-4-5-7-13(12)20-16/h8,10,14,17H,3-7,9H2,1-2H3. The zero-order chi connectivity index (χ0) is 13.9. The molecular formula is C16H22N2S2. The second-order valence-corrected chi connectivity index (χ2v) is 7.55. The molecule has 0 bridgehead atoms. The van der Waals surface area contributed by atoms with Crippen LogP contribution in [0.25, 0.3) is 0 Å². The van der Waals surface area contributed by atoms with E-state index in [2.05, 4.69) is 30.6 Å². The average molecular weight is 306 g/mol. The molecule has 0 radical (unpaired) electrons. The van der Waals surface area contributed by atoms with Crippen molar-refractivity contribution in [2.24, 2.45) is 0 Å². The van der Waals surface area contributed by atoms with Gasteiger partial charge in [0.25, 0.3) is 0 Å². The highest BCUT2D eigenvalue weighted by Gasteiger charge is 2.23. The lowest BCUT2D eigenvalue weighted by Gasteiger charge is -2.15. The smallest absolute Gasteiger partial charge is 0.116 e. The number of fused-ring (bicyclic) bond motifs is 1. The monoisotopic (exact) mass is 306 g/mol. The lowest BCUT2D eigenvalue weighted by atomic mass is 10.0. The summed E-state index contributed by atoms with van der Waals surface area (Å²) >= 11 is 3.79. The molecule has 1 unspecified atom stereocenters. The van der Waals surface area contributed by atoms with Crippen LogP contribution in [-0.2, 0) is 12.8 Å². The van der Waals surface area contributed by atoms with Crippen molar-refractivity contribution in [1.82, 2.24) is 10.3 Å². The molecule has 108 valence electrons. The number of rotatable bonds is 5. The number of thiazole rings is 1. The first-order valence-corrected chi connectivity index (χ1v) is 9.25. The van der Waals surface area contributed by atoms with Crippen LogP contribution in [-0.4, -0.2) is 11.5 Å². The molecule has 2 aromatic rings. The summed E-state index contributed by atoms with van der Waals surface area (Å²) in [7, 11) is 0. The van der Waals surface area contributed by atoms with Crippen LogP contribution in [0.2, 0.25) is 0 Å². The van der Waals surface area contributed by atoms with Crippen molar-refractivity contribution in [2.45, 2.75) is 52.0 Å². The zero-order valence-electron chi connectivity index (χ0n) is 12.2. The van der Waals surface area contributed by atoms with Crippen molar-refractivity contribution in [3.63, 3.8) is 0 Å². The largest absolute Gasteiger partial charge is 0.304 e. The Morgan fingerprint density at radius 3 is 2.90 bits per heavy atom. The first kappa shape index (κ1) is 14.2. The van der Waals surface area contributed by atoms with Gasteiger partial charge in [-0.25, -0.2) is 4.98 Å². The Labute approximate surface area is 129 Å². The minimum atomic E-state index is 0.297. The molecule has 0 saturated carbocycles. The first-order chi connectivity index (χ1) is 9.79. The third-order valence-electron chi connectivity index (χ3n) is 3.87. The van der Waals surface area contributed by atoms with Gasteiger partial charge in [-0.3, -0.25) is 0 Å². The quantitative estimate of drug-likeness (QED) is 0.881. The average Bonchev–Trinajstić information content (AvgIpc) is 3.06.